The zero-order chi connectivity index (χ0) is 19.1. The summed E-state index contributed by atoms with van der Waals surface area (Å²) >= 11 is 0. The second-order valence-electron chi connectivity index (χ2n) is 5.43. The number of ether oxygens (including phenoxy) is 1. The molecule has 0 aliphatic carbocycles. The number of rotatable bonds is 6. The number of nitrogen functional groups attached to an aromatic ring is 1. The largest absolute Gasteiger partial charge is 0.481 e. The molecule has 138 valence electrons. The smallest absolute Gasteiger partial charge is 0.320 e. The van der Waals surface area contributed by atoms with Crippen LogP contribution in [-0.2, 0) is 4.74 Å². The minimum Gasteiger partial charge on any atom is -0.481 e. The molecule has 0 aliphatic heterocycles. The third kappa shape index (κ3) is 4.68. The number of aliphatic hydroxyl groups is 2. The number of hydrogen-bond acceptors (Lipinski definition) is 7. The number of aliphatic hydroxyl groups excluding tert-OH is 2. The maximum absolute atomic E-state index is 12.2. The van der Waals surface area contributed by atoms with Gasteiger partial charge in [-0.25, -0.2) is 9.78 Å². The van der Waals surface area contributed by atoms with Gasteiger partial charge in [-0.15, -0.1) is 0 Å². The fourth-order valence-corrected chi connectivity index (χ4v) is 2.30. The van der Waals surface area contributed by atoms with Crippen LogP contribution in [0.25, 0.3) is 0 Å². The van der Waals surface area contributed by atoms with Crippen LogP contribution in [0.15, 0.2) is 42.6 Å². The van der Waals surface area contributed by atoms with E-state index in [1.54, 1.807) is 30.3 Å². The van der Waals surface area contributed by atoms with Crippen molar-refractivity contribution < 1.29 is 19.7 Å². The van der Waals surface area contributed by atoms with Gasteiger partial charge in [0.2, 0.25) is 5.90 Å². The Morgan fingerprint density at radius 1 is 1.38 bits per heavy atom. The number of benzene rings is 1. The summed E-state index contributed by atoms with van der Waals surface area (Å²) in [5.41, 5.74) is 6.99. The molecule has 1 heterocycles. The molecule has 1 aromatic heterocycles. The highest BCUT2D eigenvalue weighted by molar-refractivity contribution is 5.97. The molecule has 0 radical (unpaired) electrons. The molecule has 0 spiro atoms. The van der Waals surface area contributed by atoms with Crippen LogP contribution in [0.3, 0.4) is 0 Å². The van der Waals surface area contributed by atoms with E-state index < -0.39 is 24.8 Å². The number of methoxy groups -OCH3 is 1. The molecule has 0 aliphatic rings. The maximum Gasteiger partial charge on any atom is 0.320 e. The Bertz CT molecular complexity index is 769. The summed E-state index contributed by atoms with van der Waals surface area (Å²) in [6.07, 6.45) is 0.138. The van der Waals surface area contributed by atoms with Crippen molar-refractivity contribution in [1.29, 1.82) is 5.41 Å². The molecule has 2 atom stereocenters. The molecule has 2 amide bonds. The fourth-order valence-electron chi connectivity index (χ4n) is 2.30. The lowest BCUT2D eigenvalue weighted by atomic mass is 10.0. The first-order chi connectivity index (χ1) is 12.5. The minimum atomic E-state index is -1.18. The predicted molar refractivity (Wildman–Crippen MR) is 96.9 cm³/mol. The van der Waals surface area contributed by atoms with Crippen LogP contribution >= 0.6 is 0 Å². The number of nitrogens with two attached hydrogens (primary N) is 1. The molecule has 1 aromatic carbocycles. The summed E-state index contributed by atoms with van der Waals surface area (Å²) in [4.78, 5) is 16.2. The Hall–Kier alpha value is -3.17. The Morgan fingerprint density at radius 3 is 2.65 bits per heavy atom. The van der Waals surface area contributed by atoms with E-state index in [1.165, 1.54) is 19.4 Å². The Morgan fingerprint density at radius 2 is 2.08 bits per heavy atom. The Labute approximate surface area is 150 Å². The molecule has 0 saturated heterocycles. The van der Waals surface area contributed by atoms with Gasteiger partial charge >= 0.3 is 6.03 Å². The third-order valence-corrected chi connectivity index (χ3v) is 3.64. The minimum absolute atomic E-state index is 0.138. The second-order valence-corrected chi connectivity index (χ2v) is 5.43. The first-order valence-corrected chi connectivity index (χ1v) is 7.76. The number of nitrogens with one attached hydrogen (secondary N) is 3. The van der Waals surface area contributed by atoms with E-state index in [-0.39, 0.29) is 17.4 Å². The highest BCUT2D eigenvalue weighted by Gasteiger charge is 2.22. The van der Waals surface area contributed by atoms with Crippen molar-refractivity contribution in [1.82, 2.24) is 10.3 Å². The van der Waals surface area contributed by atoms with E-state index in [0.717, 1.165) is 0 Å². The quantitative estimate of drug-likeness (QED) is 0.332. The van der Waals surface area contributed by atoms with E-state index in [4.69, 9.17) is 15.9 Å². The van der Waals surface area contributed by atoms with Gasteiger partial charge in [-0.3, -0.25) is 10.7 Å². The van der Waals surface area contributed by atoms with E-state index in [0.29, 0.717) is 11.1 Å². The number of amides is 2. The molecule has 0 bridgehead atoms. The third-order valence-electron chi connectivity index (χ3n) is 3.64. The summed E-state index contributed by atoms with van der Waals surface area (Å²) < 4.78 is 4.79. The predicted octanol–water partition coefficient (Wildman–Crippen LogP) is 0.852. The molecule has 2 aromatic rings. The molecule has 0 unspecified atom stereocenters. The average molecular weight is 359 g/mol. The van der Waals surface area contributed by atoms with Gasteiger partial charge in [0.1, 0.15) is 11.9 Å². The van der Waals surface area contributed by atoms with Crippen molar-refractivity contribution in [3.8, 4) is 0 Å². The van der Waals surface area contributed by atoms with Gasteiger partial charge in [-0.2, -0.15) is 0 Å². The molecule has 0 saturated carbocycles. The molecule has 9 nitrogen and oxygen atoms in total. The zero-order valence-electron chi connectivity index (χ0n) is 14.1. The Kier molecular flexibility index (Phi) is 6.48. The van der Waals surface area contributed by atoms with E-state index in [9.17, 15) is 15.0 Å². The van der Waals surface area contributed by atoms with Crippen molar-refractivity contribution in [2.75, 3.05) is 24.8 Å². The monoisotopic (exact) mass is 359 g/mol. The first kappa shape index (κ1) is 19.2. The van der Waals surface area contributed by atoms with Gasteiger partial charge in [0.15, 0.2) is 0 Å². The lowest BCUT2D eigenvalue weighted by Crippen LogP contribution is -2.40. The van der Waals surface area contributed by atoms with Crippen LogP contribution < -0.4 is 16.4 Å². The van der Waals surface area contributed by atoms with Gasteiger partial charge in [-0.1, -0.05) is 30.3 Å². The molecule has 26 heavy (non-hydrogen) atoms. The molecule has 0 fully saturated rings. The van der Waals surface area contributed by atoms with E-state index in [1.807, 2.05) is 0 Å². The molecule has 7 N–H and O–H groups in total. The van der Waals surface area contributed by atoms with Crippen LogP contribution in [0.5, 0.6) is 0 Å². The number of aromatic nitrogens is 1. The highest BCUT2D eigenvalue weighted by Crippen LogP contribution is 2.18. The van der Waals surface area contributed by atoms with Gasteiger partial charge in [0.05, 0.1) is 25.3 Å². The summed E-state index contributed by atoms with van der Waals surface area (Å²) in [5.74, 6) is 0.0270. The van der Waals surface area contributed by atoms with Crippen molar-refractivity contribution in [2.45, 2.75) is 12.1 Å². The van der Waals surface area contributed by atoms with Gasteiger partial charge < -0.3 is 26.0 Å². The number of pyridine rings is 1. The number of anilines is 2. The van der Waals surface area contributed by atoms with Crippen molar-refractivity contribution in [3.05, 3.63) is 53.7 Å². The van der Waals surface area contributed by atoms with Crippen molar-refractivity contribution >= 4 is 23.4 Å². The van der Waals surface area contributed by atoms with Crippen molar-refractivity contribution in [2.24, 2.45) is 0 Å². The average Bonchev–Trinajstić information content (AvgIpc) is 2.65. The summed E-state index contributed by atoms with van der Waals surface area (Å²) in [6.45, 7) is -0.515. The lowest BCUT2D eigenvalue weighted by molar-refractivity contribution is 0.0659. The number of carbonyl (C=O) groups excluding carboxylic acids is 1. The van der Waals surface area contributed by atoms with Gasteiger partial charge in [0.25, 0.3) is 0 Å². The number of carbonyl (C=O) groups is 1. The van der Waals surface area contributed by atoms with Crippen LogP contribution in [0.2, 0.25) is 0 Å². The maximum atomic E-state index is 12.2. The molecule has 2 rings (SSSR count). The second kappa shape index (κ2) is 8.79. The normalized spacial score (nSPS) is 12.7. The highest BCUT2D eigenvalue weighted by atomic mass is 16.5. The molecular weight excluding hydrogens is 338 g/mol. The van der Waals surface area contributed by atoms with E-state index in [2.05, 4.69) is 15.6 Å². The fraction of sp³-hybridized carbons (Fsp3) is 0.235. The van der Waals surface area contributed by atoms with Gasteiger partial charge in [-0.05, 0) is 5.56 Å². The summed E-state index contributed by atoms with van der Waals surface area (Å²) in [6, 6.07) is 8.74. The van der Waals surface area contributed by atoms with Gasteiger partial charge in [0, 0.05) is 18.0 Å². The van der Waals surface area contributed by atoms with Crippen molar-refractivity contribution in [3.63, 3.8) is 0 Å². The number of hydrogen-bond donors (Lipinski definition) is 6. The van der Waals surface area contributed by atoms with E-state index >= 15 is 0 Å². The molecular formula is C17H21N5O4. The Balaban J connectivity index is 2.11. The topological polar surface area (TPSA) is 154 Å². The summed E-state index contributed by atoms with van der Waals surface area (Å²) in [7, 11) is 1.34. The van der Waals surface area contributed by atoms with Crippen LogP contribution in [0, 0.1) is 5.41 Å². The number of urea groups is 1. The SMILES string of the molecule is COC(=N)c1cnc(NC(=O)N[C@@H](c2ccccc2)[C@@H](O)CO)cc1N. The zero-order valence-corrected chi connectivity index (χ0v) is 14.1. The molecule has 9 heteroatoms. The first-order valence-electron chi connectivity index (χ1n) is 7.76. The standard InChI is InChI=1S/C17H21N5O4/c1-26-16(19)11-8-20-14(7-12(11)18)21-17(25)22-15(13(24)9-23)10-5-3-2-4-6-10/h2-8,13,15,19,23-24H,9H2,1H3,(H4,18,20,21,22,25)/t13-,15-/m0/s1. The van der Waals surface area contributed by atoms with Crippen LogP contribution in [0.4, 0.5) is 16.3 Å². The van der Waals surface area contributed by atoms with Crippen LogP contribution in [-0.4, -0.2) is 46.9 Å². The lowest BCUT2D eigenvalue weighted by Gasteiger charge is -2.23. The van der Waals surface area contributed by atoms with Crippen LogP contribution in [0.1, 0.15) is 17.2 Å². The number of nitrogens with zero attached hydrogens (tertiary/aromatic N) is 1. The summed E-state index contributed by atoms with van der Waals surface area (Å²) in [5, 5.41) is 31.9.